The second-order valence-corrected chi connectivity index (χ2v) is 2.43. The molecule has 0 spiro atoms. The van der Waals surface area contributed by atoms with Crippen LogP contribution in [0.2, 0.25) is 0 Å². The zero-order valence-electron chi connectivity index (χ0n) is 8.36. The maximum atomic E-state index is 11.2. The van der Waals surface area contributed by atoms with Gasteiger partial charge in [-0.05, 0) is 6.92 Å². The van der Waals surface area contributed by atoms with Crippen LogP contribution in [0.3, 0.4) is 0 Å². The van der Waals surface area contributed by atoms with E-state index in [-0.39, 0.29) is 19.8 Å². The molecule has 0 aliphatic rings. The number of likely N-dealkylation sites (N-methyl/N-ethyl adjacent to an activating group) is 1. The van der Waals surface area contributed by atoms with Crippen LogP contribution in [-0.2, 0) is 14.3 Å². The van der Waals surface area contributed by atoms with Crippen molar-refractivity contribution in [3.63, 3.8) is 0 Å². The molecule has 0 saturated carbocycles. The van der Waals surface area contributed by atoms with Gasteiger partial charge in [-0.25, -0.2) is 4.79 Å². The molecule has 0 radical (unpaired) electrons. The Morgan fingerprint density at radius 1 is 1.43 bits per heavy atom. The zero-order valence-corrected chi connectivity index (χ0v) is 8.36. The van der Waals surface area contributed by atoms with E-state index < -0.39 is 12.1 Å². The molecule has 82 valence electrons. The van der Waals surface area contributed by atoms with Gasteiger partial charge in [0.05, 0.1) is 13.7 Å². The highest BCUT2D eigenvalue weighted by molar-refractivity contribution is 5.77. The Hall–Kier alpha value is -1.30. The summed E-state index contributed by atoms with van der Waals surface area (Å²) in [5, 5.41) is 8.41. The van der Waals surface area contributed by atoms with E-state index in [1.807, 2.05) is 0 Å². The van der Waals surface area contributed by atoms with Crippen molar-refractivity contribution in [2.24, 2.45) is 0 Å². The largest absolute Gasteiger partial charge is 0.468 e. The number of aliphatic hydroxyl groups excluding tert-OH is 1. The predicted molar refractivity (Wildman–Crippen MR) is 47.7 cm³/mol. The number of hydrogen-bond acceptors (Lipinski definition) is 5. The molecular weight excluding hydrogens is 190 g/mol. The minimum atomic E-state index is -0.632. The number of hydrogen-bond donors (Lipinski definition) is 1. The van der Waals surface area contributed by atoms with Crippen LogP contribution in [0.1, 0.15) is 6.92 Å². The normalized spacial score (nSPS) is 9.36. The molecule has 14 heavy (non-hydrogen) atoms. The van der Waals surface area contributed by atoms with E-state index in [4.69, 9.17) is 5.11 Å². The molecule has 0 heterocycles. The highest BCUT2D eigenvalue weighted by atomic mass is 16.6. The summed E-state index contributed by atoms with van der Waals surface area (Å²) in [5.41, 5.74) is 0. The number of amides is 1. The molecular formula is C8H15NO5. The van der Waals surface area contributed by atoms with Crippen molar-refractivity contribution in [1.82, 2.24) is 4.90 Å². The zero-order chi connectivity index (χ0) is 11.0. The molecule has 0 saturated heterocycles. The SMILES string of the molecule is CCN(CC(=O)OC)C(=O)OCCO. The molecule has 0 bridgehead atoms. The second kappa shape index (κ2) is 7.14. The third kappa shape index (κ3) is 4.66. The van der Waals surface area contributed by atoms with Gasteiger partial charge in [0.25, 0.3) is 0 Å². The Labute approximate surface area is 82.4 Å². The molecule has 0 rings (SSSR count). The minimum Gasteiger partial charge on any atom is -0.468 e. The lowest BCUT2D eigenvalue weighted by Crippen LogP contribution is -2.36. The average molecular weight is 205 g/mol. The number of methoxy groups -OCH3 is 1. The lowest BCUT2D eigenvalue weighted by Gasteiger charge is -2.18. The number of ether oxygens (including phenoxy) is 2. The first-order chi connectivity index (χ1) is 6.65. The van der Waals surface area contributed by atoms with Gasteiger partial charge >= 0.3 is 12.1 Å². The van der Waals surface area contributed by atoms with E-state index in [1.165, 1.54) is 12.0 Å². The molecule has 1 N–H and O–H groups in total. The molecule has 0 unspecified atom stereocenters. The van der Waals surface area contributed by atoms with Crippen molar-refractivity contribution in [2.45, 2.75) is 6.92 Å². The molecule has 0 aromatic heterocycles. The molecule has 0 fully saturated rings. The molecule has 6 heteroatoms. The Kier molecular flexibility index (Phi) is 6.47. The molecule has 6 nitrogen and oxygen atoms in total. The standard InChI is InChI=1S/C8H15NO5/c1-3-9(6-7(11)13-2)8(12)14-5-4-10/h10H,3-6H2,1-2H3. The van der Waals surface area contributed by atoms with Gasteiger partial charge in [0, 0.05) is 6.54 Å². The maximum absolute atomic E-state index is 11.2. The first kappa shape index (κ1) is 12.7. The van der Waals surface area contributed by atoms with E-state index in [0.29, 0.717) is 6.54 Å². The summed E-state index contributed by atoms with van der Waals surface area (Å²) in [5.74, 6) is -0.507. The van der Waals surface area contributed by atoms with Crippen LogP contribution in [0.25, 0.3) is 0 Å². The summed E-state index contributed by atoms with van der Waals surface area (Å²) >= 11 is 0. The first-order valence-electron chi connectivity index (χ1n) is 4.25. The van der Waals surface area contributed by atoms with Crippen LogP contribution < -0.4 is 0 Å². The summed E-state index contributed by atoms with van der Waals surface area (Å²) in [6.45, 7) is 1.61. The lowest BCUT2D eigenvalue weighted by molar-refractivity contribution is -0.141. The number of carbonyl (C=O) groups is 2. The van der Waals surface area contributed by atoms with Gasteiger partial charge in [-0.15, -0.1) is 0 Å². The smallest absolute Gasteiger partial charge is 0.410 e. The van der Waals surface area contributed by atoms with Crippen molar-refractivity contribution in [3.8, 4) is 0 Å². The van der Waals surface area contributed by atoms with Gasteiger partial charge in [-0.2, -0.15) is 0 Å². The Bertz CT molecular complexity index is 194. The van der Waals surface area contributed by atoms with E-state index in [9.17, 15) is 9.59 Å². The van der Waals surface area contributed by atoms with Gasteiger partial charge in [0.15, 0.2) is 0 Å². The van der Waals surface area contributed by atoms with Crippen LogP contribution in [0, 0.1) is 0 Å². The van der Waals surface area contributed by atoms with E-state index in [0.717, 1.165) is 0 Å². The Morgan fingerprint density at radius 3 is 2.50 bits per heavy atom. The average Bonchev–Trinajstić information content (AvgIpc) is 2.21. The van der Waals surface area contributed by atoms with Crippen LogP contribution >= 0.6 is 0 Å². The third-order valence-electron chi connectivity index (χ3n) is 1.50. The number of esters is 1. The molecule has 1 amide bonds. The lowest BCUT2D eigenvalue weighted by atomic mass is 10.5. The minimum absolute atomic E-state index is 0.0729. The Balaban J connectivity index is 3.98. The van der Waals surface area contributed by atoms with Gasteiger partial charge < -0.3 is 14.6 Å². The van der Waals surface area contributed by atoms with Crippen molar-refractivity contribution in [2.75, 3.05) is 33.4 Å². The fraction of sp³-hybridized carbons (Fsp3) is 0.750. The summed E-state index contributed by atoms with van der Waals surface area (Å²) in [4.78, 5) is 23.2. The van der Waals surface area contributed by atoms with Crippen LogP contribution in [0.4, 0.5) is 4.79 Å². The first-order valence-corrected chi connectivity index (χ1v) is 4.25. The number of aliphatic hydroxyl groups is 1. The number of rotatable bonds is 5. The predicted octanol–water partition coefficient (Wildman–Crippen LogP) is -0.390. The van der Waals surface area contributed by atoms with Crippen molar-refractivity contribution >= 4 is 12.1 Å². The summed E-state index contributed by atoms with van der Waals surface area (Å²) in [7, 11) is 1.25. The van der Waals surface area contributed by atoms with Crippen LogP contribution in [0.15, 0.2) is 0 Å². The summed E-state index contributed by atoms with van der Waals surface area (Å²) in [6, 6.07) is 0. The van der Waals surface area contributed by atoms with E-state index in [2.05, 4.69) is 9.47 Å². The molecule has 0 atom stereocenters. The Morgan fingerprint density at radius 2 is 2.07 bits per heavy atom. The highest BCUT2D eigenvalue weighted by Crippen LogP contribution is 1.94. The van der Waals surface area contributed by atoms with E-state index in [1.54, 1.807) is 6.92 Å². The highest BCUT2D eigenvalue weighted by Gasteiger charge is 2.16. The summed E-state index contributed by atoms with van der Waals surface area (Å²) < 4.78 is 9.02. The number of nitrogens with zero attached hydrogens (tertiary/aromatic N) is 1. The monoisotopic (exact) mass is 205 g/mol. The van der Waals surface area contributed by atoms with Crippen molar-refractivity contribution < 1.29 is 24.2 Å². The fourth-order valence-electron chi connectivity index (χ4n) is 0.750. The van der Waals surface area contributed by atoms with Gasteiger partial charge in [-0.3, -0.25) is 9.69 Å². The second-order valence-electron chi connectivity index (χ2n) is 2.43. The van der Waals surface area contributed by atoms with Crippen LogP contribution in [-0.4, -0.2) is 55.5 Å². The quantitative estimate of drug-likeness (QED) is 0.618. The van der Waals surface area contributed by atoms with Crippen molar-refractivity contribution in [3.05, 3.63) is 0 Å². The van der Waals surface area contributed by atoms with Crippen molar-refractivity contribution in [1.29, 1.82) is 0 Å². The summed E-state index contributed by atoms with van der Waals surface area (Å²) in [6.07, 6.45) is -0.632. The van der Waals surface area contributed by atoms with Gasteiger partial charge in [0.1, 0.15) is 13.2 Å². The topological polar surface area (TPSA) is 76.1 Å². The van der Waals surface area contributed by atoms with Gasteiger partial charge in [-0.1, -0.05) is 0 Å². The molecule has 0 aromatic rings. The molecule has 0 aliphatic heterocycles. The molecule has 0 aliphatic carbocycles. The van der Waals surface area contributed by atoms with Gasteiger partial charge in [0.2, 0.25) is 0 Å². The van der Waals surface area contributed by atoms with E-state index >= 15 is 0 Å². The van der Waals surface area contributed by atoms with Crippen LogP contribution in [0.5, 0.6) is 0 Å². The maximum Gasteiger partial charge on any atom is 0.410 e. The number of carbonyl (C=O) groups excluding carboxylic acids is 2. The fourth-order valence-corrected chi connectivity index (χ4v) is 0.750. The molecule has 0 aromatic carbocycles. The third-order valence-corrected chi connectivity index (χ3v) is 1.50.